The van der Waals surface area contributed by atoms with Crippen molar-refractivity contribution >= 4 is 22.0 Å². The van der Waals surface area contributed by atoms with Crippen LogP contribution >= 0.6 is 15.9 Å². The summed E-state index contributed by atoms with van der Waals surface area (Å²) in [6, 6.07) is 9.59. The lowest BCUT2D eigenvalue weighted by Crippen LogP contribution is -2.33. The van der Waals surface area contributed by atoms with Crippen LogP contribution in [0, 0.1) is 0 Å². The third kappa shape index (κ3) is 5.16. The lowest BCUT2D eigenvalue weighted by atomic mass is 10.1. The molecule has 28 heavy (non-hydrogen) atoms. The Kier molecular flexibility index (Phi) is 5.79. The van der Waals surface area contributed by atoms with Crippen molar-refractivity contribution in [2.24, 2.45) is 0 Å². The van der Waals surface area contributed by atoms with Crippen LogP contribution in [-0.4, -0.2) is 38.8 Å². The maximum Gasteiger partial charge on any atom is 0.410 e. The molecule has 1 amide bonds. The van der Waals surface area contributed by atoms with Crippen molar-refractivity contribution in [3.8, 4) is 22.7 Å². The van der Waals surface area contributed by atoms with Crippen LogP contribution in [0.25, 0.3) is 22.7 Å². The van der Waals surface area contributed by atoms with Gasteiger partial charge >= 0.3 is 6.09 Å². The van der Waals surface area contributed by atoms with Crippen LogP contribution in [0.4, 0.5) is 4.79 Å². The minimum Gasteiger partial charge on any atom is -0.444 e. The molecule has 0 N–H and O–H groups in total. The average molecular weight is 445 g/mol. The van der Waals surface area contributed by atoms with E-state index >= 15 is 0 Å². The van der Waals surface area contributed by atoms with E-state index in [1.165, 1.54) is 0 Å². The van der Waals surface area contributed by atoms with Gasteiger partial charge in [-0.3, -0.25) is 4.98 Å². The molecule has 0 fully saturated rings. The van der Waals surface area contributed by atoms with Crippen molar-refractivity contribution in [1.82, 2.24) is 20.0 Å². The maximum absolute atomic E-state index is 12.1. The lowest BCUT2D eigenvalue weighted by molar-refractivity contribution is 0.0285. The second-order valence-electron chi connectivity index (χ2n) is 7.34. The Labute approximate surface area is 171 Å². The number of halogens is 1. The monoisotopic (exact) mass is 444 g/mol. The molecule has 0 unspecified atom stereocenters. The van der Waals surface area contributed by atoms with E-state index < -0.39 is 5.60 Å². The number of carbonyl (C=O) groups excluding carboxylic acids is 1. The fourth-order valence-electron chi connectivity index (χ4n) is 2.45. The van der Waals surface area contributed by atoms with E-state index in [9.17, 15) is 4.79 Å². The topological polar surface area (TPSA) is 81.4 Å². The van der Waals surface area contributed by atoms with E-state index in [1.807, 2.05) is 51.1 Å². The normalized spacial score (nSPS) is 11.3. The van der Waals surface area contributed by atoms with Gasteiger partial charge in [-0.2, -0.15) is 0 Å². The fourth-order valence-corrected chi connectivity index (χ4v) is 2.76. The third-order valence-electron chi connectivity index (χ3n) is 3.74. The molecule has 146 valence electrons. The summed E-state index contributed by atoms with van der Waals surface area (Å²) in [6.45, 7) is 5.99. The average Bonchev–Trinajstić information content (AvgIpc) is 3.11. The molecule has 3 aromatic rings. The molecule has 0 saturated carbocycles. The number of amides is 1. The van der Waals surface area contributed by atoms with E-state index in [0.29, 0.717) is 28.3 Å². The molecular weight excluding hydrogens is 424 g/mol. The highest BCUT2D eigenvalue weighted by Crippen LogP contribution is 2.25. The van der Waals surface area contributed by atoms with E-state index in [1.54, 1.807) is 24.3 Å². The van der Waals surface area contributed by atoms with E-state index in [0.717, 1.165) is 11.1 Å². The van der Waals surface area contributed by atoms with Gasteiger partial charge in [-0.15, -0.1) is 0 Å². The smallest absolute Gasteiger partial charge is 0.410 e. The maximum atomic E-state index is 12.1. The number of nitrogens with zero attached hydrogens (tertiary/aromatic N) is 4. The first kappa shape index (κ1) is 20.0. The predicted molar refractivity (Wildman–Crippen MR) is 108 cm³/mol. The molecule has 0 atom stereocenters. The summed E-state index contributed by atoms with van der Waals surface area (Å²) in [6.07, 6.45) is 2.87. The van der Waals surface area contributed by atoms with Crippen molar-refractivity contribution in [1.29, 1.82) is 0 Å². The number of ether oxygens (including phenoxy) is 1. The van der Waals surface area contributed by atoms with Crippen LogP contribution in [-0.2, 0) is 11.3 Å². The van der Waals surface area contributed by atoms with Gasteiger partial charge in [0.05, 0.1) is 12.4 Å². The van der Waals surface area contributed by atoms with Gasteiger partial charge < -0.3 is 14.2 Å². The van der Waals surface area contributed by atoms with Crippen molar-refractivity contribution in [3.05, 3.63) is 52.9 Å². The Morgan fingerprint density at radius 2 is 1.89 bits per heavy atom. The minimum atomic E-state index is -0.515. The first-order valence-corrected chi connectivity index (χ1v) is 9.48. The van der Waals surface area contributed by atoms with Crippen molar-refractivity contribution < 1.29 is 14.1 Å². The molecule has 8 heteroatoms. The van der Waals surface area contributed by atoms with Gasteiger partial charge in [-0.25, -0.2) is 9.78 Å². The van der Waals surface area contributed by atoms with E-state index in [4.69, 9.17) is 9.26 Å². The highest BCUT2D eigenvalue weighted by Gasteiger charge is 2.19. The van der Waals surface area contributed by atoms with Crippen molar-refractivity contribution in [3.63, 3.8) is 0 Å². The second kappa shape index (κ2) is 8.10. The van der Waals surface area contributed by atoms with Gasteiger partial charge in [0.2, 0.25) is 0 Å². The molecule has 1 aromatic carbocycles. The summed E-state index contributed by atoms with van der Waals surface area (Å²) in [4.78, 5) is 22.0. The number of rotatable bonds is 4. The van der Waals surface area contributed by atoms with Crippen LogP contribution in [0.2, 0.25) is 0 Å². The Balaban J connectivity index is 1.69. The van der Waals surface area contributed by atoms with Gasteiger partial charge in [0.15, 0.2) is 5.76 Å². The number of carbonyl (C=O) groups is 1. The SMILES string of the molecule is CN(Cc1ccc(-c2cc(-c3cncc(Br)n3)on2)cc1)C(=O)OC(C)(C)C. The number of hydrogen-bond acceptors (Lipinski definition) is 6. The van der Waals surface area contributed by atoms with E-state index in [-0.39, 0.29) is 6.09 Å². The predicted octanol–water partition coefficient (Wildman–Crippen LogP) is 4.93. The van der Waals surface area contributed by atoms with Crippen LogP contribution in [0.1, 0.15) is 26.3 Å². The quantitative estimate of drug-likeness (QED) is 0.567. The molecule has 3 rings (SSSR count). The summed E-state index contributed by atoms with van der Waals surface area (Å²) < 4.78 is 11.4. The summed E-state index contributed by atoms with van der Waals surface area (Å²) in [5, 5.41) is 4.11. The Morgan fingerprint density at radius 1 is 1.18 bits per heavy atom. The zero-order chi connectivity index (χ0) is 20.3. The Bertz CT molecular complexity index is 964. The summed E-state index contributed by atoms with van der Waals surface area (Å²) >= 11 is 3.29. The molecule has 0 bridgehead atoms. The summed E-state index contributed by atoms with van der Waals surface area (Å²) in [5.41, 5.74) is 2.67. The highest BCUT2D eigenvalue weighted by molar-refractivity contribution is 9.10. The second-order valence-corrected chi connectivity index (χ2v) is 8.15. The summed E-state index contributed by atoms with van der Waals surface area (Å²) in [5.74, 6) is 0.539. The van der Waals surface area contributed by atoms with Gasteiger partial charge in [0.25, 0.3) is 0 Å². The Hall–Kier alpha value is -2.74. The standard InChI is InChI=1S/C20H21BrN4O3/c1-20(2,3)27-19(26)25(4)12-13-5-7-14(8-6-13)15-9-17(28-24-15)16-10-22-11-18(21)23-16/h5-11H,12H2,1-4H3. The lowest BCUT2D eigenvalue weighted by Gasteiger charge is -2.24. The first-order valence-electron chi connectivity index (χ1n) is 8.69. The molecule has 2 aromatic heterocycles. The zero-order valence-corrected chi connectivity index (χ0v) is 17.7. The zero-order valence-electron chi connectivity index (χ0n) is 16.1. The van der Waals surface area contributed by atoms with Crippen LogP contribution in [0.5, 0.6) is 0 Å². The summed E-state index contributed by atoms with van der Waals surface area (Å²) in [7, 11) is 1.71. The molecule has 0 spiro atoms. The molecule has 0 saturated heterocycles. The molecule has 0 radical (unpaired) electrons. The molecule has 7 nitrogen and oxygen atoms in total. The van der Waals surface area contributed by atoms with Gasteiger partial charge in [-0.1, -0.05) is 29.4 Å². The van der Waals surface area contributed by atoms with E-state index in [2.05, 4.69) is 31.1 Å². The first-order chi connectivity index (χ1) is 13.2. The van der Waals surface area contributed by atoms with Gasteiger partial charge in [0, 0.05) is 25.2 Å². The molecule has 0 aliphatic carbocycles. The number of hydrogen-bond donors (Lipinski definition) is 0. The Morgan fingerprint density at radius 3 is 2.54 bits per heavy atom. The molecule has 0 aliphatic heterocycles. The molecular formula is C20H21BrN4O3. The van der Waals surface area contributed by atoms with Crippen LogP contribution in [0.15, 0.2) is 51.9 Å². The fraction of sp³-hybridized carbons (Fsp3) is 0.300. The van der Waals surface area contributed by atoms with Crippen molar-refractivity contribution in [2.45, 2.75) is 32.9 Å². The number of benzene rings is 1. The largest absolute Gasteiger partial charge is 0.444 e. The van der Waals surface area contributed by atoms with Gasteiger partial charge in [0.1, 0.15) is 21.6 Å². The van der Waals surface area contributed by atoms with Gasteiger partial charge in [-0.05, 0) is 42.3 Å². The number of aromatic nitrogens is 3. The molecule has 0 aliphatic rings. The third-order valence-corrected chi connectivity index (χ3v) is 4.12. The van der Waals surface area contributed by atoms with Crippen LogP contribution < -0.4 is 0 Å². The van der Waals surface area contributed by atoms with Crippen LogP contribution in [0.3, 0.4) is 0 Å². The molecule has 2 heterocycles. The van der Waals surface area contributed by atoms with Crippen molar-refractivity contribution in [2.75, 3.05) is 7.05 Å². The highest BCUT2D eigenvalue weighted by atomic mass is 79.9. The minimum absolute atomic E-state index is 0.354.